The fourth-order valence-electron chi connectivity index (χ4n) is 2.73. The molecule has 9 heteroatoms. The first-order chi connectivity index (χ1) is 12.7. The van der Waals surface area contributed by atoms with E-state index in [-0.39, 0.29) is 5.91 Å². The number of aliphatic imine (C=N–C) groups is 1. The fraction of sp³-hybridized carbons (Fsp3) is 0.706. The van der Waals surface area contributed by atoms with Gasteiger partial charge in [0.25, 0.3) is 0 Å². The van der Waals surface area contributed by atoms with Crippen LogP contribution in [0.15, 0.2) is 20.9 Å². The van der Waals surface area contributed by atoms with Crippen LogP contribution < -0.4 is 16.0 Å². The Bertz CT molecular complexity index is 543. The highest BCUT2D eigenvalue weighted by atomic mass is 32.2. The van der Waals surface area contributed by atoms with Crippen molar-refractivity contribution in [2.75, 3.05) is 45.5 Å². The quantitative estimate of drug-likeness (QED) is 0.252. The average Bonchev–Trinajstić information content (AvgIpc) is 3.16. The first-order valence-corrected chi connectivity index (χ1v) is 11.1. The maximum Gasteiger partial charge on any atom is 0.233 e. The summed E-state index contributed by atoms with van der Waals surface area (Å²) < 4.78 is 1.13. The average molecular weight is 399 g/mol. The van der Waals surface area contributed by atoms with Gasteiger partial charge in [-0.2, -0.15) is 0 Å². The van der Waals surface area contributed by atoms with Crippen LogP contribution in [0.1, 0.15) is 26.2 Å². The van der Waals surface area contributed by atoms with Gasteiger partial charge in [-0.3, -0.25) is 14.7 Å². The van der Waals surface area contributed by atoms with Gasteiger partial charge in [-0.25, -0.2) is 4.98 Å². The molecule has 0 spiro atoms. The molecule has 26 heavy (non-hydrogen) atoms. The molecule has 7 nitrogen and oxygen atoms in total. The molecule has 1 saturated heterocycles. The van der Waals surface area contributed by atoms with E-state index in [1.807, 2.05) is 11.6 Å². The normalized spacial score (nSPS) is 16.5. The summed E-state index contributed by atoms with van der Waals surface area (Å²) in [4.78, 5) is 22.6. The van der Waals surface area contributed by atoms with E-state index in [1.165, 1.54) is 0 Å². The maximum atomic E-state index is 11.5. The van der Waals surface area contributed by atoms with E-state index in [0.717, 1.165) is 61.5 Å². The number of piperidine rings is 1. The van der Waals surface area contributed by atoms with Crippen molar-refractivity contribution in [2.45, 2.75) is 36.6 Å². The van der Waals surface area contributed by atoms with Crippen molar-refractivity contribution in [3.63, 3.8) is 0 Å². The largest absolute Gasteiger partial charge is 0.358 e. The number of likely N-dealkylation sites (N-methyl/N-ethyl adjacent to an activating group) is 1. The van der Waals surface area contributed by atoms with E-state index in [1.54, 1.807) is 30.1 Å². The molecule has 0 bridgehead atoms. The summed E-state index contributed by atoms with van der Waals surface area (Å²) in [6.45, 7) is 6.12. The summed E-state index contributed by atoms with van der Waals surface area (Å²) in [5.74, 6) is 2.02. The molecule has 1 aromatic rings. The van der Waals surface area contributed by atoms with Crippen molar-refractivity contribution in [3.8, 4) is 0 Å². The Labute approximate surface area is 164 Å². The molecule has 2 rings (SSSR count). The molecule has 0 unspecified atom stereocenters. The zero-order valence-corrected chi connectivity index (χ0v) is 17.3. The second kappa shape index (κ2) is 12.1. The molecule has 1 amide bonds. The van der Waals surface area contributed by atoms with Gasteiger partial charge in [0.15, 0.2) is 5.96 Å². The molecule has 0 radical (unpaired) electrons. The van der Waals surface area contributed by atoms with Crippen LogP contribution in [0.25, 0.3) is 0 Å². The molecule has 0 aromatic carbocycles. The van der Waals surface area contributed by atoms with Crippen molar-refractivity contribution >= 4 is 35.0 Å². The molecule has 2 heterocycles. The molecule has 0 saturated carbocycles. The smallest absolute Gasteiger partial charge is 0.233 e. The number of hydrogen-bond donors (Lipinski definition) is 3. The lowest BCUT2D eigenvalue weighted by atomic mass is 10.1. The third kappa shape index (κ3) is 7.92. The minimum Gasteiger partial charge on any atom is -0.358 e. The lowest BCUT2D eigenvalue weighted by Gasteiger charge is -2.32. The van der Waals surface area contributed by atoms with Crippen LogP contribution in [-0.2, 0) is 4.79 Å². The van der Waals surface area contributed by atoms with Crippen molar-refractivity contribution < 1.29 is 4.79 Å². The third-order valence-corrected chi connectivity index (χ3v) is 6.18. The van der Waals surface area contributed by atoms with Crippen molar-refractivity contribution in [1.82, 2.24) is 25.8 Å². The predicted octanol–water partition coefficient (Wildman–Crippen LogP) is 1.39. The van der Waals surface area contributed by atoms with Crippen molar-refractivity contribution in [1.29, 1.82) is 0 Å². The number of thiazole rings is 1. The summed E-state index contributed by atoms with van der Waals surface area (Å²) in [7, 11) is 1.69. The Morgan fingerprint density at radius 3 is 2.92 bits per heavy atom. The zero-order chi connectivity index (χ0) is 18.6. The van der Waals surface area contributed by atoms with Gasteiger partial charge in [-0.1, -0.05) is 11.8 Å². The highest BCUT2D eigenvalue weighted by Gasteiger charge is 2.21. The first-order valence-electron chi connectivity index (χ1n) is 9.21. The van der Waals surface area contributed by atoms with Gasteiger partial charge >= 0.3 is 0 Å². The molecule has 1 aliphatic rings. The number of rotatable bonds is 9. The summed E-state index contributed by atoms with van der Waals surface area (Å²) in [6, 6.07) is 0.415. The van der Waals surface area contributed by atoms with Gasteiger partial charge in [-0.15, -0.1) is 11.3 Å². The van der Waals surface area contributed by atoms with Gasteiger partial charge in [0.1, 0.15) is 4.34 Å². The van der Waals surface area contributed by atoms with Crippen LogP contribution in [0.5, 0.6) is 0 Å². The van der Waals surface area contributed by atoms with Crippen LogP contribution in [-0.4, -0.2) is 73.3 Å². The van der Waals surface area contributed by atoms with Crippen LogP contribution in [0.2, 0.25) is 0 Å². The molecule has 146 valence electrons. The van der Waals surface area contributed by atoms with Crippen LogP contribution >= 0.6 is 23.1 Å². The number of nitrogens with zero attached hydrogens (tertiary/aromatic N) is 3. The highest BCUT2D eigenvalue weighted by Crippen LogP contribution is 2.20. The predicted molar refractivity (Wildman–Crippen MR) is 110 cm³/mol. The SMILES string of the molecule is CCNC(=NCCCSc1nccs1)NC1CCN(CC(=O)NC)CC1. The molecule has 0 atom stereocenters. The number of thioether (sulfide) groups is 1. The zero-order valence-electron chi connectivity index (χ0n) is 15.7. The molecule has 1 fully saturated rings. The van der Waals surface area contributed by atoms with Gasteiger partial charge in [0, 0.05) is 56.6 Å². The third-order valence-electron chi connectivity index (χ3n) is 4.13. The Hall–Kier alpha value is -1.32. The van der Waals surface area contributed by atoms with Gasteiger partial charge in [-0.05, 0) is 26.2 Å². The van der Waals surface area contributed by atoms with E-state index in [0.29, 0.717) is 12.6 Å². The van der Waals surface area contributed by atoms with Gasteiger partial charge < -0.3 is 16.0 Å². The number of hydrogen-bond acceptors (Lipinski definition) is 6. The number of carbonyl (C=O) groups excluding carboxylic acids is 1. The maximum absolute atomic E-state index is 11.5. The number of likely N-dealkylation sites (tertiary alicyclic amines) is 1. The Kier molecular flexibility index (Phi) is 9.80. The van der Waals surface area contributed by atoms with Crippen LogP contribution in [0.4, 0.5) is 0 Å². The molecule has 1 aromatic heterocycles. The van der Waals surface area contributed by atoms with Crippen molar-refractivity contribution in [2.24, 2.45) is 4.99 Å². The molecule has 0 aliphatic carbocycles. The first kappa shape index (κ1) is 21.0. The topological polar surface area (TPSA) is 81.7 Å². The molecule has 3 N–H and O–H groups in total. The Morgan fingerprint density at radius 2 is 2.27 bits per heavy atom. The van der Waals surface area contributed by atoms with E-state index in [2.05, 4.69) is 32.8 Å². The lowest BCUT2D eigenvalue weighted by Crippen LogP contribution is -2.50. The van der Waals surface area contributed by atoms with Crippen LogP contribution in [0.3, 0.4) is 0 Å². The standard InChI is InChI=1S/C17H30N6OS2/c1-3-19-16(20-7-4-11-25-17-21-8-12-26-17)22-14-5-9-23(10-6-14)13-15(24)18-2/h8,12,14H,3-7,9-11,13H2,1-2H3,(H,18,24)(H2,19,20,22). The van der Waals surface area contributed by atoms with Crippen molar-refractivity contribution in [3.05, 3.63) is 11.6 Å². The second-order valence-corrected chi connectivity index (χ2v) is 8.37. The van der Waals surface area contributed by atoms with E-state index >= 15 is 0 Å². The Balaban J connectivity index is 1.67. The summed E-state index contributed by atoms with van der Waals surface area (Å²) in [6.07, 6.45) is 4.94. The van der Waals surface area contributed by atoms with Crippen LogP contribution in [0, 0.1) is 0 Å². The van der Waals surface area contributed by atoms with E-state index in [9.17, 15) is 4.79 Å². The summed E-state index contributed by atoms with van der Waals surface area (Å²) in [5, 5.41) is 11.6. The van der Waals surface area contributed by atoms with Gasteiger partial charge in [0.2, 0.25) is 5.91 Å². The summed E-state index contributed by atoms with van der Waals surface area (Å²) in [5.41, 5.74) is 0. The Morgan fingerprint density at radius 1 is 1.46 bits per heavy atom. The minimum atomic E-state index is 0.0851. The van der Waals surface area contributed by atoms with Gasteiger partial charge in [0.05, 0.1) is 6.54 Å². The number of nitrogens with one attached hydrogen (secondary N) is 3. The highest BCUT2D eigenvalue weighted by molar-refractivity contribution is 8.00. The molecule has 1 aliphatic heterocycles. The van der Waals surface area contributed by atoms with E-state index < -0.39 is 0 Å². The molecular weight excluding hydrogens is 368 g/mol. The molecular formula is C17H30N6OS2. The lowest BCUT2D eigenvalue weighted by molar-refractivity contribution is -0.122. The number of amides is 1. The fourth-order valence-corrected chi connectivity index (χ4v) is 4.36. The van der Waals surface area contributed by atoms with E-state index in [4.69, 9.17) is 4.99 Å². The number of guanidine groups is 1. The minimum absolute atomic E-state index is 0.0851. The number of carbonyl (C=O) groups is 1. The number of aromatic nitrogens is 1. The monoisotopic (exact) mass is 398 g/mol. The summed E-state index contributed by atoms with van der Waals surface area (Å²) >= 11 is 3.48. The second-order valence-electron chi connectivity index (χ2n) is 6.13.